The smallest absolute Gasteiger partial charge is 0.175 e. The van der Waals surface area contributed by atoms with Gasteiger partial charge in [-0.3, -0.25) is 0 Å². The highest BCUT2D eigenvalue weighted by Crippen LogP contribution is 2.41. The Bertz CT molecular complexity index is 201. The van der Waals surface area contributed by atoms with Crippen LogP contribution < -0.4 is 0 Å². The maximum atomic E-state index is 12.5. The Labute approximate surface area is 78.3 Å². The molecule has 0 fully saturated rings. The standard InChI is InChI=1S/C7H11F5NO/c1-4-5(2,3)13(14)7(11,12)6(8,9)10/h4H2,1-3H3. The first-order valence-corrected chi connectivity index (χ1v) is 3.89. The van der Waals surface area contributed by atoms with Gasteiger partial charge in [0.25, 0.3) is 0 Å². The molecule has 0 unspecified atom stereocenters. The van der Waals surface area contributed by atoms with E-state index in [1.807, 2.05) is 0 Å². The summed E-state index contributed by atoms with van der Waals surface area (Å²) in [7, 11) is 0. The van der Waals surface area contributed by atoms with Crippen LogP contribution in [-0.4, -0.2) is 22.8 Å². The molecule has 0 saturated heterocycles. The third-order valence-corrected chi connectivity index (χ3v) is 2.01. The Hall–Kier alpha value is -0.430. The molecule has 2 nitrogen and oxygen atoms in total. The van der Waals surface area contributed by atoms with Crippen molar-refractivity contribution in [2.45, 2.75) is 45.0 Å². The maximum Gasteiger partial charge on any atom is 0.471 e. The molecule has 0 spiro atoms. The molecular weight excluding hydrogens is 209 g/mol. The number of hydrogen-bond acceptors (Lipinski definition) is 1. The van der Waals surface area contributed by atoms with Gasteiger partial charge in [-0.2, -0.15) is 22.0 Å². The molecule has 0 rings (SSSR count). The van der Waals surface area contributed by atoms with Crippen molar-refractivity contribution in [2.75, 3.05) is 0 Å². The van der Waals surface area contributed by atoms with Gasteiger partial charge in [0.15, 0.2) is 0 Å². The second-order valence-electron chi connectivity index (χ2n) is 3.50. The molecule has 0 aliphatic heterocycles. The fraction of sp³-hybridized carbons (Fsp3) is 1.00. The van der Waals surface area contributed by atoms with Gasteiger partial charge in [-0.05, 0) is 20.3 Å². The van der Waals surface area contributed by atoms with Crippen molar-refractivity contribution in [3.8, 4) is 0 Å². The summed E-state index contributed by atoms with van der Waals surface area (Å²) in [5.41, 5.74) is -1.75. The van der Waals surface area contributed by atoms with Crippen molar-refractivity contribution in [2.24, 2.45) is 0 Å². The molecule has 0 aliphatic rings. The molecule has 0 amide bonds. The van der Waals surface area contributed by atoms with Crippen molar-refractivity contribution >= 4 is 0 Å². The lowest BCUT2D eigenvalue weighted by atomic mass is 10.0. The summed E-state index contributed by atoms with van der Waals surface area (Å²) in [6.45, 7) is 3.41. The van der Waals surface area contributed by atoms with E-state index in [0.717, 1.165) is 13.8 Å². The lowest BCUT2D eigenvalue weighted by molar-refractivity contribution is -0.443. The fourth-order valence-corrected chi connectivity index (χ4v) is 0.639. The van der Waals surface area contributed by atoms with Crippen molar-refractivity contribution in [3.05, 3.63) is 0 Å². The molecule has 0 saturated carbocycles. The molecule has 0 aromatic heterocycles. The van der Waals surface area contributed by atoms with E-state index in [-0.39, 0.29) is 6.42 Å². The number of hydrogen-bond donors (Lipinski definition) is 0. The van der Waals surface area contributed by atoms with E-state index < -0.39 is 22.8 Å². The average Bonchev–Trinajstić information content (AvgIpc) is 2.01. The lowest BCUT2D eigenvalue weighted by Crippen LogP contribution is -2.58. The summed E-state index contributed by atoms with van der Waals surface area (Å²) in [6, 6.07) is -5.34. The summed E-state index contributed by atoms with van der Waals surface area (Å²) in [4.78, 5) is 0. The Morgan fingerprint density at radius 1 is 1.07 bits per heavy atom. The van der Waals surface area contributed by atoms with Crippen LogP contribution in [0, 0.1) is 0 Å². The fourth-order valence-electron chi connectivity index (χ4n) is 0.639. The van der Waals surface area contributed by atoms with Crippen LogP contribution in [0.4, 0.5) is 22.0 Å². The van der Waals surface area contributed by atoms with Gasteiger partial charge >= 0.3 is 12.2 Å². The van der Waals surface area contributed by atoms with Crippen molar-refractivity contribution < 1.29 is 27.2 Å². The number of halogens is 5. The molecule has 0 bridgehead atoms. The molecule has 0 atom stereocenters. The Kier molecular flexibility index (Phi) is 3.51. The lowest BCUT2D eigenvalue weighted by Gasteiger charge is -2.36. The minimum Gasteiger partial charge on any atom is -0.175 e. The predicted molar refractivity (Wildman–Crippen MR) is 37.9 cm³/mol. The van der Waals surface area contributed by atoms with Crippen LogP contribution in [0.15, 0.2) is 0 Å². The first kappa shape index (κ1) is 13.6. The second kappa shape index (κ2) is 3.62. The third-order valence-electron chi connectivity index (χ3n) is 2.01. The molecule has 0 aromatic rings. The summed E-state index contributed by atoms with van der Waals surface area (Å²) in [5.74, 6) is 0. The zero-order valence-corrected chi connectivity index (χ0v) is 7.95. The topological polar surface area (TPSA) is 23.1 Å². The summed E-state index contributed by atoms with van der Waals surface area (Å²) < 4.78 is 60.3. The number of alkyl halides is 5. The molecule has 1 radical (unpaired) electrons. The highest BCUT2D eigenvalue weighted by molar-refractivity contribution is 4.83. The predicted octanol–water partition coefficient (Wildman–Crippen LogP) is 2.98. The Balaban J connectivity index is 4.94. The zero-order chi connectivity index (χ0) is 11.8. The van der Waals surface area contributed by atoms with E-state index >= 15 is 0 Å². The molecule has 0 heterocycles. The van der Waals surface area contributed by atoms with Gasteiger partial charge in [0.1, 0.15) is 0 Å². The van der Waals surface area contributed by atoms with Gasteiger partial charge in [-0.25, -0.2) is 0 Å². The van der Waals surface area contributed by atoms with Crippen LogP contribution in [0.25, 0.3) is 0 Å². The van der Waals surface area contributed by atoms with E-state index in [4.69, 9.17) is 0 Å². The zero-order valence-electron chi connectivity index (χ0n) is 7.95. The number of nitrogens with zero attached hydrogens (tertiary/aromatic N) is 1. The molecule has 85 valence electrons. The normalized spacial score (nSPS) is 15.0. The number of rotatable bonds is 3. The SMILES string of the molecule is CCC(C)(C)N([O])C(F)(F)C(F)(F)F. The minimum atomic E-state index is -5.85. The van der Waals surface area contributed by atoms with Crippen LogP contribution in [0.5, 0.6) is 0 Å². The van der Waals surface area contributed by atoms with Crippen LogP contribution >= 0.6 is 0 Å². The van der Waals surface area contributed by atoms with Gasteiger partial charge in [0.2, 0.25) is 0 Å². The van der Waals surface area contributed by atoms with Gasteiger partial charge in [-0.15, -0.1) is 5.21 Å². The minimum absolute atomic E-state index is 0.109. The Morgan fingerprint density at radius 3 is 1.64 bits per heavy atom. The van der Waals surface area contributed by atoms with Crippen LogP contribution in [0.2, 0.25) is 0 Å². The van der Waals surface area contributed by atoms with Crippen molar-refractivity contribution in [1.29, 1.82) is 0 Å². The van der Waals surface area contributed by atoms with E-state index in [1.165, 1.54) is 6.92 Å². The van der Waals surface area contributed by atoms with Gasteiger partial charge < -0.3 is 0 Å². The molecular formula is C7H11F5NO. The monoisotopic (exact) mass is 220 g/mol. The third kappa shape index (κ3) is 2.33. The van der Waals surface area contributed by atoms with Crippen molar-refractivity contribution in [1.82, 2.24) is 5.06 Å². The highest BCUT2D eigenvalue weighted by atomic mass is 19.4. The van der Waals surface area contributed by atoms with Crippen LogP contribution in [0.3, 0.4) is 0 Å². The molecule has 7 heteroatoms. The Morgan fingerprint density at radius 2 is 1.43 bits per heavy atom. The summed E-state index contributed by atoms with van der Waals surface area (Å²) >= 11 is 0. The first-order valence-electron chi connectivity index (χ1n) is 3.89. The van der Waals surface area contributed by atoms with E-state index in [9.17, 15) is 27.2 Å². The highest BCUT2D eigenvalue weighted by Gasteiger charge is 2.65. The van der Waals surface area contributed by atoms with Gasteiger partial charge in [-0.1, -0.05) is 12.0 Å². The van der Waals surface area contributed by atoms with Gasteiger partial charge in [0, 0.05) is 0 Å². The van der Waals surface area contributed by atoms with Gasteiger partial charge in [0.05, 0.1) is 5.54 Å². The maximum absolute atomic E-state index is 12.5. The molecule has 0 N–H and O–H groups in total. The summed E-state index contributed by atoms with van der Waals surface area (Å²) in [5, 5.41) is 9.62. The van der Waals surface area contributed by atoms with E-state index in [0.29, 0.717) is 0 Å². The van der Waals surface area contributed by atoms with E-state index in [2.05, 4.69) is 0 Å². The second-order valence-corrected chi connectivity index (χ2v) is 3.50. The van der Waals surface area contributed by atoms with Crippen LogP contribution in [0.1, 0.15) is 27.2 Å². The average molecular weight is 220 g/mol. The largest absolute Gasteiger partial charge is 0.471 e. The molecule has 14 heavy (non-hydrogen) atoms. The number of hydroxylamine groups is 2. The molecule has 0 aromatic carbocycles. The quantitative estimate of drug-likeness (QED) is 0.407. The molecule has 0 aliphatic carbocycles. The first-order chi connectivity index (χ1) is 5.97. The van der Waals surface area contributed by atoms with Crippen LogP contribution in [-0.2, 0) is 5.21 Å². The van der Waals surface area contributed by atoms with E-state index in [1.54, 1.807) is 0 Å². The summed E-state index contributed by atoms with van der Waals surface area (Å²) in [6.07, 6.45) is -5.96. The van der Waals surface area contributed by atoms with Crippen molar-refractivity contribution in [3.63, 3.8) is 0 Å².